The Morgan fingerprint density at radius 2 is 1.84 bits per heavy atom. The highest BCUT2D eigenvalue weighted by atomic mass is 32.2. The number of methoxy groups -OCH3 is 1. The lowest BCUT2D eigenvalue weighted by atomic mass is 9.85. The van der Waals surface area contributed by atoms with Crippen LogP contribution in [-0.4, -0.2) is 29.1 Å². The fourth-order valence-electron chi connectivity index (χ4n) is 4.98. The van der Waals surface area contributed by atoms with E-state index in [1.165, 1.54) is 30.3 Å². The Hall–Kier alpha value is -3.58. The molecule has 1 heterocycles. The average Bonchev–Trinajstić information content (AvgIpc) is 3.22. The molecule has 7 heteroatoms. The number of thioether (sulfide) groups is 1. The van der Waals surface area contributed by atoms with Gasteiger partial charge in [-0.25, -0.2) is 9.38 Å². The summed E-state index contributed by atoms with van der Waals surface area (Å²) in [6.07, 6.45) is 6.31. The number of para-hydroxylation sites is 1. The molecule has 0 bridgehead atoms. The van der Waals surface area contributed by atoms with Crippen molar-refractivity contribution in [1.29, 1.82) is 0 Å². The van der Waals surface area contributed by atoms with E-state index in [0.717, 1.165) is 41.2 Å². The topological polar surface area (TPSA) is 51.1 Å². The van der Waals surface area contributed by atoms with Gasteiger partial charge in [0, 0.05) is 6.04 Å². The molecule has 2 atom stereocenters. The normalized spacial score (nSPS) is 21.8. The number of benzene rings is 3. The van der Waals surface area contributed by atoms with Crippen molar-refractivity contribution in [2.24, 2.45) is 10.9 Å². The second-order valence-corrected chi connectivity index (χ2v) is 10.7. The Morgan fingerprint density at radius 3 is 2.61 bits per heavy atom. The fraction of sp³-hybridized carbons (Fsp3) is 0.290. The molecule has 0 N–H and O–H groups in total. The molecule has 5 rings (SSSR count). The second kappa shape index (κ2) is 11.9. The van der Waals surface area contributed by atoms with Crippen LogP contribution in [-0.2, 0) is 11.4 Å². The average molecular weight is 531 g/mol. The Morgan fingerprint density at radius 1 is 1.03 bits per heavy atom. The summed E-state index contributed by atoms with van der Waals surface area (Å²) < 4.78 is 25.0. The first kappa shape index (κ1) is 26.0. The number of amides is 1. The first-order valence-electron chi connectivity index (χ1n) is 12.9. The van der Waals surface area contributed by atoms with Crippen LogP contribution >= 0.6 is 11.8 Å². The lowest BCUT2D eigenvalue weighted by Crippen LogP contribution is -2.44. The van der Waals surface area contributed by atoms with Gasteiger partial charge in [-0.1, -0.05) is 56.2 Å². The van der Waals surface area contributed by atoms with Gasteiger partial charge in [0.05, 0.1) is 17.7 Å². The Bertz CT molecular complexity index is 1360. The van der Waals surface area contributed by atoms with Crippen LogP contribution in [0.1, 0.15) is 43.7 Å². The molecule has 2 aliphatic rings. The molecule has 0 unspecified atom stereocenters. The van der Waals surface area contributed by atoms with Crippen molar-refractivity contribution in [3.63, 3.8) is 0 Å². The third-order valence-corrected chi connectivity index (χ3v) is 7.97. The zero-order valence-corrected chi connectivity index (χ0v) is 22.4. The Labute approximate surface area is 227 Å². The van der Waals surface area contributed by atoms with Gasteiger partial charge in [0.25, 0.3) is 5.91 Å². The number of halogens is 1. The van der Waals surface area contributed by atoms with Crippen LogP contribution in [0.4, 0.5) is 10.1 Å². The number of aliphatic imine (C=N–C) groups is 1. The highest BCUT2D eigenvalue weighted by molar-refractivity contribution is 8.18. The molecule has 1 aliphatic carbocycles. The molecule has 0 radical (unpaired) electrons. The van der Waals surface area contributed by atoms with Gasteiger partial charge in [0.2, 0.25) is 0 Å². The number of ether oxygens (including phenoxy) is 2. The molecule has 3 aromatic rings. The molecule has 1 saturated carbocycles. The van der Waals surface area contributed by atoms with E-state index < -0.39 is 0 Å². The zero-order valence-electron chi connectivity index (χ0n) is 21.6. The van der Waals surface area contributed by atoms with Gasteiger partial charge < -0.3 is 9.47 Å². The van der Waals surface area contributed by atoms with Crippen LogP contribution < -0.4 is 9.47 Å². The minimum Gasteiger partial charge on any atom is -0.493 e. The van der Waals surface area contributed by atoms with Gasteiger partial charge in [0.1, 0.15) is 12.4 Å². The van der Waals surface area contributed by atoms with Gasteiger partial charge in [0.15, 0.2) is 16.7 Å². The van der Waals surface area contributed by atoms with Crippen molar-refractivity contribution in [2.75, 3.05) is 7.11 Å². The van der Waals surface area contributed by atoms with Crippen molar-refractivity contribution < 1.29 is 18.7 Å². The monoisotopic (exact) mass is 530 g/mol. The van der Waals surface area contributed by atoms with Gasteiger partial charge in [-0.2, -0.15) is 0 Å². The van der Waals surface area contributed by atoms with Gasteiger partial charge in [-0.05, 0) is 84.1 Å². The van der Waals surface area contributed by atoms with Crippen molar-refractivity contribution in [3.05, 3.63) is 94.6 Å². The van der Waals surface area contributed by atoms with Gasteiger partial charge in [-0.3, -0.25) is 9.69 Å². The Balaban J connectivity index is 1.41. The maximum absolute atomic E-state index is 13.7. The number of carbonyl (C=O) groups excluding carboxylic acids is 1. The molecule has 1 aliphatic heterocycles. The third-order valence-electron chi connectivity index (χ3n) is 6.98. The smallest absolute Gasteiger partial charge is 0.267 e. The van der Waals surface area contributed by atoms with Crippen molar-refractivity contribution >= 4 is 34.6 Å². The van der Waals surface area contributed by atoms with Crippen molar-refractivity contribution in [2.45, 2.75) is 45.3 Å². The summed E-state index contributed by atoms with van der Waals surface area (Å²) in [6.45, 7) is 2.45. The second-order valence-electron chi connectivity index (χ2n) is 9.67. The number of carbonyl (C=O) groups is 1. The molecule has 1 amide bonds. The maximum Gasteiger partial charge on any atom is 0.267 e. The molecule has 3 aromatic carbocycles. The largest absolute Gasteiger partial charge is 0.493 e. The van der Waals surface area contributed by atoms with E-state index in [1.54, 1.807) is 13.2 Å². The van der Waals surface area contributed by atoms with E-state index >= 15 is 0 Å². The van der Waals surface area contributed by atoms with E-state index in [1.807, 2.05) is 65.6 Å². The van der Waals surface area contributed by atoms with E-state index in [2.05, 4.69) is 6.92 Å². The van der Waals surface area contributed by atoms with Crippen LogP contribution in [0.2, 0.25) is 0 Å². The highest BCUT2D eigenvalue weighted by Crippen LogP contribution is 2.40. The third kappa shape index (κ3) is 5.94. The first-order valence-corrected chi connectivity index (χ1v) is 13.8. The van der Waals surface area contributed by atoms with Crippen LogP contribution in [0.15, 0.2) is 82.7 Å². The van der Waals surface area contributed by atoms with Crippen molar-refractivity contribution in [1.82, 2.24) is 4.90 Å². The van der Waals surface area contributed by atoms with E-state index in [4.69, 9.17) is 14.5 Å². The lowest BCUT2D eigenvalue weighted by molar-refractivity contribution is -0.124. The fourth-order valence-corrected chi connectivity index (χ4v) is 6.03. The summed E-state index contributed by atoms with van der Waals surface area (Å²) in [6, 6.07) is 21.8. The molecular weight excluding hydrogens is 499 g/mol. The van der Waals surface area contributed by atoms with Crippen LogP contribution in [0.5, 0.6) is 11.5 Å². The standard InChI is InChI=1S/C31H31FN2O3S/c1-21-9-6-7-14-26(21)34-30(35)29(38-31(34)33-25-12-4-3-5-13-25)19-22-15-16-27(28(18-22)36-2)37-20-23-10-8-11-24(32)17-23/h3-5,8,10-13,15-19,21,26H,6-7,9,14,20H2,1-2H3/b29-19-,33-31?/t21-,26-/m1/s1. The summed E-state index contributed by atoms with van der Waals surface area (Å²) in [4.78, 5) is 21.2. The van der Waals surface area contributed by atoms with E-state index in [9.17, 15) is 9.18 Å². The molecule has 2 fully saturated rings. The zero-order chi connectivity index (χ0) is 26.5. The highest BCUT2D eigenvalue weighted by Gasteiger charge is 2.41. The molecular formula is C31H31FN2O3S. The molecule has 196 valence electrons. The van der Waals surface area contributed by atoms with E-state index in [0.29, 0.717) is 22.3 Å². The predicted octanol–water partition coefficient (Wildman–Crippen LogP) is 7.60. The predicted molar refractivity (Wildman–Crippen MR) is 151 cm³/mol. The summed E-state index contributed by atoms with van der Waals surface area (Å²) in [5.74, 6) is 1.21. The summed E-state index contributed by atoms with van der Waals surface area (Å²) in [7, 11) is 1.58. The number of amidine groups is 1. The SMILES string of the molecule is COc1cc(/C=C2\SC(=Nc3ccccc3)N([C@@H]3CCCC[C@H]3C)C2=O)ccc1OCc1cccc(F)c1. The van der Waals surface area contributed by atoms with Crippen LogP contribution in [0.25, 0.3) is 6.08 Å². The number of nitrogens with zero attached hydrogens (tertiary/aromatic N) is 2. The Kier molecular flexibility index (Phi) is 8.13. The quantitative estimate of drug-likeness (QED) is 0.295. The van der Waals surface area contributed by atoms with Crippen molar-refractivity contribution in [3.8, 4) is 11.5 Å². The summed E-state index contributed by atoms with van der Waals surface area (Å²) in [5, 5.41) is 0.730. The van der Waals surface area contributed by atoms with Crippen LogP contribution in [0, 0.1) is 11.7 Å². The number of rotatable bonds is 7. The van der Waals surface area contributed by atoms with E-state index in [-0.39, 0.29) is 24.4 Å². The minimum absolute atomic E-state index is 0.00571. The number of hydrogen-bond donors (Lipinski definition) is 0. The molecule has 0 aromatic heterocycles. The van der Waals surface area contributed by atoms with Gasteiger partial charge >= 0.3 is 0 Å². The molecule has 0 spiro atoms. The first-order chi connectivity index (χ1) is 18.5. The minimum atomic E-state index is -0.300. The molecule has 38 heavy (non-hydrogen) atoms. The lowest BCUT2D eigenvalue weighted by Gasteiger charge is -2.35. The molecule has 5 nitrogen and oxygen atoms in total. The maximum atomic E-state index is 13.7. The number of hydrogen-bond acceptors (Lipinski definition) is 5. The molecule has 1 saturated heterocycles. The summed E-state index contributed by atoms with van der Waals surface area (Å²) in [5.41, 5.74) is 2.39. The van der Waals surface area contributed by atoms with Gasteiger partial charge in [-0.15, -0.1) is 0 Å². The summed E-state index contributed by atoms with van der Waals surface area (Å²) >= 11 is 1.42. The van der Waals surface area contributed by atoms with Crippen LogP contribution in [0.3, 0.4) is 0 Å².